The molecule has 0 bridgehead atoms. The number of hydrogen-bond acceptors (Lipinski definition) is 5. The standard InChI is InChI=1S/C17H15BrN2O5/c1-2-11-8-13(18)6-7-15(11)19-16(21)10-25-17(22)12-4-3-5-14(9-12)20(23)24/h3-9H,2,10H2,1H3,(H,19,21). The third kappa shape index (κ3) is 5.12. The maximum Gasteiger partial charge on any atom is 0.338 e. The van der Waals surface area contributed by atoms with Crippen LogP contribution in [0.15, 0.2) is 46.9 Å². The van der Waals surface area contributed by atoms with Gasteiger partial charge in [0.2, 0.25) is 0 Å². The number of rotatable bonds is 6. The molecule has 7 nitrogen and oxygen atoms in total. The number of nitro benzene ring substituents is 1. The molecule has 0 heterocycles. The Balaban J connectivity index is 1.97. The fourth-order valence-corrected chi connectivity index (χ4v) is 2.53. The maximum atomic E-state index is 12.0. The number of carbonyl (C=O) groups excluding carboxylic acids is 2. The first-order chi connectivity index (χ1) is 11.9. The lowest BCUT2D eigenvalue weighted by Gasteiger charge is -2.10. The summed E-state index contributed by atoms with van der Waals surface area (Å²) >= 11 is 3.36. The van der Waals surface area contributed by atoms with Crippen LogP contribution >= 0.6 is 15.9 Å². The van der Waals surface area contributed by atoms with Gasteiger partial charge in [-0.2, -0.15) is 0 Å². The summed E-state index contributed by atoms with van der Waals surface area (Å²) in [6.07, 6.45) is 0.725. The first kappa shape index (κ1) is 18.6. The number of amides is 1. The Bertz CT molecular complexity index is 822. The fraction of sp³-hybridized carbons (Fsp3) is 0.176. The second-order valence-electron chi connectivity index (χ2n) is 5.09. The molecule has 2 aromatic rings. The molecular formula is C17H15BrN2O5. The van der Waals surface area contributed by atoms with Gasteiger partial charge in [-0.05, 0) is 36.2 Å². The van der Waals surface area contributed by atoms with Gasteiger partial charge < -0.3 is 10.1 Å². The molecule has 2 aromatic carbocycles. The summed E-state index contributed by atoms with van der Waals surface area (Å²) in [6.45, 7) is 1.47. The Morgan fingerprint density at radius 3 is 2.68 bits per heavy atom. The number of carbonyl (C=O) groups is 2. The number of nitro groups is 1. The van der Waals surface area contributed by atoms with E-state index in [1.54, 1.807) is 12.1 Å². The van der Waals surface area contributed by atoms with Gasteiger partial charge in [-0.1, -0.05) is 28.9 Å². The molecule has 0 unspecified atom stereocenters. The number of nitrogens with zero attached hydrogens (tertiary/aromatic N) is 1. The minimum Gasteiger partial charge on any atom is -0.452 e. The number of benzene rings is 2. The molecule has 0 radical (unpaired) electrons. The van der Waals surface area contributed by atoms with Crippen LogP contribution in [-0.2, 0) is 16.0 Å². The van der Waals surface area contributed by atoms with Crippen molar-refractivity contribution < 1.29 is 19.2 Å². The molecule has 0 aliphatic rings. The van der Waals surface area contributed by atoms with E-state index in [9.17, 15) is 19.7 Å². The van der Waals surface area contributed by atoms with Crippen LogP contribution in [-0.4, -0.2) is 23.4 Å². The zero-order chi connectivity index (χ0) is 18.4. The van der Waals surface area contributed by atoms with Gasteiger partial charge in [0.1, 0.15) is 0 Å². The smallest absolute Gasteiger partial charge is 0.338 e. The number of nitrogens with one attached hydrogen (secondary N) is 1. The Hall–Kier alpha value is -2.74. The van der Waals surface area contributed by atoms with E-state index < -0.39 is 23.4 Å². The highest BCUT2D eigenvalue weighted by Gasteiger charge is 2.14. The predicted octanol–water partition coefficient (Wildman–Crippen LogP) is 3.72. The number of hydrogen-bond donors (Lipinski definition) is 1. The van der Waals surface area contributed by atoms with Crippen molar-refractivity contribution in [1.29, 1.82) is 0 Å². The minimum atomic E-state index is -0.801. The molecule has 8 heteroatoms. The summed E-state index contributed by atoms with van der Waals surface area (Å²) in [5.74, 6) is -1.29. The lowest BCUT2D eigenvalue weighted by atomic mass is 10.1. The van der Waals surface area contributed by atoms with Crippen molar-refractivity contribution in [3.05, 3.63) is 68.2 Å². The summed E-state index contributed by atoms with van der Waals surface area (Å²) in [6, 6.07) is 10.6. The van der Waals surface area contributed by atoms with Crippen molar-refractivity contribution in [1.82, 2.24) is 0 Å². The maximum absolute atomic E-state index is 12.0. The highest BCUT2D eigenvalue weighted by molar-refractivity contribution is 9.10. The average molecular weight is 407 g/mol. The Kier molecular flexibility index (Phi) is 6.24. The van der Waals surface area contributed by atoms with E-state index >= 15 is 0 Å². The summed E-state index contributed by atoms with van der Waals surface area (Å²) in [7, 11) is 0. The van der Waals surface area contributed by atoms with Gasteiger partial charge in [0.15, 0.2) is 6.61 Å². The molecular weight excluding hydrogens is 392 g/mol. The summed E-state index contributed by atoms with van der Waals surface area (Å²) in [4.78, 5) is 34.0. The molecule has 2 rings (SSSR count). The average Bonchev–Trinajstić information content (AvgIpc) is 2.61. The first-order valence-corrected chi connectivity index (χ1v) is 8.20. The summed E-state index contributed by atoms with van der Waals surface area (Å²) in [5.41, 5.74) is 1.37. The Labute approximate surface area is 152 Å². The van der Waals surface area contributed by atoms with Gasteiger partial charge >= 0.3 is 5.97 Å². The molecule has 0 aromatic heterocycles. The lowest BCUT2D eigenvalue weighted by Crippen LogP contribution is -2.21. The van der Waals surface area contributed by atoms with Crippen molar-refractivity contribution >= 4 is 39.2 Å². The van der Waals surface area contributed by atoms with E-state index in [1.165, 1.54) is 18.2 Å². The van der Waals surface area contributed by atoms with E-state index in [2.05, 4.69) is 21.2 Å². The third-order valence-corrected chi connectivity index (χ3v) is 3.84. The number of anilines is 1. The van der Waals surface area contributed by atoms with Crippen LogP contribution in [0.5, 0.6) is 0 Å². The van der Waals surface area contributed by atoms with Crippen molar-refractivity contribution in [3.8, 4) is 0 Å². The summed E-state index contributed by atoms with van der Waals surface area (Å²) < 4.78 is 5.81. The molecule has 130 valence electrons. The molecule has 0 saturated heterocycles. The number of esters is 1. The van der Waals surface area contributed by atoms with E-state index in [1.807, 2.05) is 13.0 Å². The molecule has 25 heavy (non-hydrogen) atoms. The highest BCUT2D eigenvalue weighted by atomic mass is 79.9. The Morgan fingerprint density at radius 2 is 2.00 bits per heavy atom. The van der Waals surface area contributed by atoms with Crippen molar-refractivity contribution in [2.45, 2.75) is 13.3 Å². The highest BCUT2D eigenvalue weighted by Crippen LogP contribution is 2.21. The summed E-state index contributed by atoms with van der Waals surface area (Å²) in [5, 5.41) is 13.4. The lowest BCUT2D eigenvalue weighted by molar-refractivity contribution is -0.384. The van der Waals surface area contributed by atoms with Crippen molar-refractivity contribution in [3.63, 3.8) is 0 Å². The topological polar surface area (TPSA) is 98.5 Å². The minimum absolute atomic E-state index is 0.0138. The quantitative estimate of drug-likeness (QED) is 0.447. The van der Waals surface area contributed by atoms with Crippen LogP contribution in [0, 0.1) is 10.1 Å². The fourth-order valence-electron chi connectivity index (χ4n) is 2.12. The molecule has 0 spiro atoms. The van der Waals surface area contributed by atoms with Crippen LogP contribution in [0.25, 0.3) is 0 Å². The number of ether oxygens (including phenoxy) is 1. The molecule has 1 N–H and O–H groups in total. The van der Waals surface area contributed by atoms with E-state index in [0.717, 1.165) is 22.5 Å². The number of aryl methyl sites for hydroxylation is 1. The van der Waals surface area contributed by atoms with E-state index in [-0.39, 0.29) is 11.3 Å². The SMILES string of the molecule is CCc1cc(Br)ccc1NC(=O)COC(=O)c1cccc([N+](=O)[O-])c1. The molecule has 0 saturated carbocycles. The van der Waals surface area contributed by atoms with Crippen LogP contribution in [0.4, 0.5) is 11.4 Å². The molecule has 1 amide bonds. The molecule has 0 aliphatic heterocycles. The largest absolute Gasteiger partial charge is 0.452 e. The zero-order valence-corrected chi connectivity index (χ0v) is 14.9. The van der Waals surface area contributed by atoms with Gasteiger partial charge in [0.05, 0.1) is 10.5 Å². The molecule has 0 aliphatic carbocycles. The van der Waals surface area contributed by atoms with Crippen LogP contribution in [0.3, 0.4) is 0 Å². The van der Waals surface area contributed by atoms with Gasteiger partial charge in [0.25, 0.3) is 11.6 Å². The number of non-ortho nitro benzene ring substituents is 1. The number of halogens is 1. The predicted molar refractivity (Wildman–Crippen MR) is 95.5 cm³/mol. The zero-order valence-electron chi connectivity index (χ0n) is 13.3. The van der Waals surface area contributed by atoms with Crippen molar-refractivity contribution in [2.24, 2.45) is 0 Å². The second-order valence-corrected chi connectivity index (χ2v) is 6.00. The van der Waals surface area contributed by atoms with E-state index in [0.29, 0.717) is 5.69 Å². The first-order valence-electron chi connectivity index (χ1n) is 7.40. The van der Waals surface area contributed by atoms with Crippen LogP contribution in [0.2, 0.25) is 0 Å². The Morgan fingerprint density at radius 1 is 1.24 bits per heavy atom. The monoisotopic (exact) mass is 406 g/mol. The van der Waals surface area contributed by atoms with Gasteiger partial charge in [-0.25, -0.2) is 4.79 Å². The molecule has 0 atom stereocenters. The molecule has 0 fully saturated rings. The van der Waals surface area contributed by atoms with Crippen molar-refractivity contribution in [2.75, 3.05) is 11.9 Å². The van der Waals surface area contributed by atoms with Gasteiger partial charge in [-0.15, -0.1) is 0 Å². The second kappa shape index (κ2) is 8.39. The van der Waals surface area contributed by atoms with E-state index in [4.69, 9.17) is 4.74 Å². The van der Waals surface area contributed by atoms with Gasteiger partial charge in [0, 0.05) is 22.3 Å². The van der Waals surface area contributed by atoms with Crippen LogP contribution in [0.1, 0.15) is 22.8 Å². The third-order valence-electron chi connectivity index (χ3n) is 3.35. The van der Waals surface area contributed by atoms with Gasteiger partial charge in [-0.3, -0.25) is 14.9 Å². The van der Waals surface area contributed by atoms with Crippen LogP contribution < -0.4 is 5.32 Å². The normalized spacial score (nSPS) is 10.2.